The van der Waals surface area contributed by atoms with E-state index in [9.17, 15) is 9.59 Å². The molecule has 0 aliphatic heterocycles. The van der Waals surface area contributed by atoms with Crippen LogP contribution in [0, 0.1) is 6.92 Å². The second-order valence-corrected chi connectivity index (χ2v) is 6.93. The van der Waals surface area contributed by atoms with E-state index in [4.69, 9.17) is 4.74 Å². The number of hydrogen-bond acceptors (Lipinski definition) is 5. The number of nitrogens with zero attached hydrogens (tertiary/aromatic N) is 2. The number of pyridine rings is 1. The Hall–Kier alpha value is -3.94. The second kappa shape index (κ2) is 8.20. The van der Waals surface area contributed by atoms with Gasteiger partial charge in [-0.2, -0.15) is 0 Å². The third-order valence-corrected chi connectivity index (χ3v) is 4.85. The lowest BCUT2D eigenvalue weighted by Crippen LogP contribution is -2.31. The van der Waals surface area contributed by atoms with Crippen LogP contribution in [-0.4, -0.2) is 33.0 Å². The Labute approximate surface area is 172 Å². The molecule has 152 valence electrons. The number of fused-ring (bicyclic) bond motifs is 1. The minimum Gasteiger partial charge on any atom is -0.481 e. The summed E-state index contributed by atoms with van der Waals surface area (Å²) in [6.45, 7) is 1.71. The summed E-state index contributed by atoms with van der Waals surface area (Å²) in [7, 11) is 1.49. The zero-order chi connectivity index (χ0) is 21.1. The number of aromatic amines is 2. The molecule has 8 nitrogen and oxygen atoms in total. The summed E-state index contributed by atoms with van der Waals surface area (Å²) >= 11 is 0. The van der Waals surface area contributed by atoms with E-state index in [1.54, 1.807) is 19.1 Å². The van der Waals surface area contributed by atoms with E-state index < -0.39 is 6.04 Å². The zero-order valence-electron chi connectivity index (χ0n) is 16.6. The predicted molar refractivity (Wildman–Crippen MR) is 113 cm³/mol. The fraction of sp³-hybridized carbons (Fsp3) is 0.182. The number of methoxy groups -OCH3 is 1. The number of ether oxygens (including phenoxy) is 1. The molecule has 0 saturated heterocycles. The largest absolute Gasteiger partial charge is 0.481 e. The summed E-state index contributed by atoms with van der Waals surface area (Å²) in [6, 6.07) is 12.0. The minimum atomic E-state index is -0.503. The third-order valence-electron chi connectivity index (χ3n) is 4.85. The van der Waals surface area contributed by atoms with Crippen molar-refractivity contribution in [1.29, 1.82) is 0 Å². The Morgan fingerprint density at radius 2 is 2.07 bits per heavy atom. The van der Waals surface area contributed by atoms with Gasteiger partial charge in [-0.15, -0.1) is 0 Å². The molecular formula is C22H21N5O3. The first kappa shape index (κ1) is 19.4. The lowest BCUT2D eigenvalue weighted by Gasteiger charge is -2.19. The summed E-state index contributed by atoms with van der Waals surface area (Å²) < 4.78 is 5.11. The molecule has 0 fully saturated rings. The summed E-state index contributed by atoms with van der Waals surface area (Å²) in [4.78, 5) is 39.3. The van der Waals surface area contributed by atoms with Gasteiger partial charge in [0.05, 0.1) is 18.8 Å². The number of carbonyl (C=O) groups excluding carboxylic acids is 1. The fourth-order valence-electron chi connectivity index (χ4n) is 3.43. The molecule has 0 radical (unpaired) electrons. The van der Waals surface area contributed by atoms with Crippen LogP contribution in [0.5, 0.6) is 5.88 Å². The molecule has 3 N–H and O–H groups in total. The summed E-state index contributed by atoms with van der Waals surface area (Å²) in [5.41, 5.74) is 2.67. The number of benzene rings is 1. The SMILES string of the molecule is COc1cc(C(=O)N[C@H](Cc2c[nH]c3ccccc23)c2cc(=O)[nH]c(C)n2)ccn1. The molecule has 1 aromatic carbocycles. The number of aromatic nitrogens is 4. The Morgan fingerprint density at radius 1 is 1.23 bits per heavy atom. The van der Waals surface area contributed by atoms with Gasteiger partial charge >= 0.3 is 0 Å². The van der Waals surface area contributed by atoms with Gasteiger partial charge in [0.2, 0.25) is 5.88 Å². The van der Waals surface area contributed by atoms with Crippen LogP contribution in [0.3, 0.4) is 0 Å². The van der Waals surface area contributed by atoms with Gasteiger partial charge in [-0.1, -0.05) is 18.2 Å². The number of rotatable bonds is 6. The van der Waals surface area contributed by atoms with Crippen molar-refractivity contribution in [2.45, 2.75) is 19.4 Å². The average Bonchev–Trinajstić information content (AvgIpc) is 3.15. The summed E-state index contributed by atoms with van der Waals surface area (Å²) in [5, 5.41) is 4.07. The van der Waals surface area contributed by atoms with E-state index in [0.717, 1.165) is 16.5 Å². The van der Waals surface area contributed by atoms with E-state index in [2.05, 4.69) is 25.3 Å². The molecule has 1 amide bonds. The fourth-order valence-corrected chi connectivity index (χ4v) is 3.43. The van der Waals surface area contributed by atoms with E-state index >= 15 is 0 Å². The topological polar surface area (TPSA) is 113 Å². The predicted octanol–water partition coefficient (Wildman–Crippen LogP) is 2.68. The number of amides is 1. The highest BCUT2D eigenvalue weighted by Gasteiger charge is 2.21. The highest BCUT2D eigenvalue weighted by atomic mass is 16.5. The molecule has 1 atom stereocenters. The molecule has 0 spiro atoms. The Balaban J connectivity index is 1.69. The van der Waals surface area contributed by atoms with Gasteiger partial charge in [0, 0.05) is 47.4 Å². The van der Waals surface area contributed by atoms with E-state index in [0.29, 0.717) is 29.4 Å². The quantitative estimate of drug-likeness (QED) is 0.458. The van der Waals surface area contributed by atoms with Crippen LogP contribution in [0.4, 0.5) is 0 Å². The monoisotopic (exact) mass is 403 g/mol. The Morgan fingerprint density at radius 3 is 2.87 bits per heavy atom. The second-order valence-electron chi connectivity index (χ2n) is 6.93. The van der Waals surface area contributed by atoms with Crippen LogP contribution in [0.2, 0.25) is 0 Å². The van der Waals surface area contributed by atoms with Gasteiger partial charge in [0.15, 0.2) is 0 Å². The van der Waals surface area contributed by atoms with Gasteiger partial charge in [-0.3, -0.25) is 9.59 Å². The number of carbonyl (C=O) groups is 1. The van der Waals surface area contributed by atoms with Crippen molar-refractivity contribution in [3.63, 3.8) is 0 Å². The van der Waals surface area contributed by atoms with Crippen molar-refractivity contribution in [3.8, 4) is 5.88 Å². The van der Waals surface area contributed by atoms with Gasteiger partial charge in [0.1, 0.15) is 5.82 Å². The van der Waals surface area contributed by atoms with Gasteiger partial charge < -0.3 is 20.0 Å². The molecule has 0 unspecified atom stereocenters. The van der Waals surface area contributed by atoms with Gasteiger partial charge in [-0.05, 0) is 24.6 Å². The Bertz CT molecular complexity index is 1260. The number of hydrogen-bond donors (Lipinski definition) is 3. The van der Waals surface area contributed by atoms with Crippen LogP contribution in [0.1, 0.15) is 33.5 Å². The molecule has 0 aliphatic rings. The molecule has 0 bridgehead atoms. The van der Waals surface area contributed by atoms with Crippen LogP contribution in [-0.2, 0) is 6.42 Å². The molecule has 30 heavy (non-hydrogen) atoms. The van der Waals surface area contributed by atoms with Gasteiger partial charge in [0.25, 0.3) is 11.5 Å². The maximum Gasteiger partial charge on any atom is 0.252 e. The number of para-hydroxylation sites is 1. The first-order valence-electron chi connectivity index (χ1n) is 9.47. The highest BCUT2D eigenvalue weighted by Crippen LogP contribution is 2.24. The van der Waals surface area contributed by atoms with E-state index in [1.807, 2.05) is 30.5 Å². The van der Waals surface area contributed by atoms with Crippen molar-refractivity contribution >= 4 is 16.8 Å². The average molecular weight is 403 g/mol. The molecule has 4 rings (SSSR count). The third kappa shape index (κ3) is 4.07. The summed E-state index contributed by atoms with van der Waals surface area (Å²) in [6.07, 6.45) is 3.89. The lowest BCUT2D eigenvalue weighted by molar-refractivity contribution is 0.0935. The molecule has 8 heteroatoms. The maximum atomic E-state index is 12.9. The van der Waals surface area contributed by atoms with Crippen LogP contribution in [0.25, 0.3) is 10.9 Å². The van der Waals surface area contributed by atoms with E-state index in [-0.39, 0.29) is 11.5 Å². The molecule has 3 aromatic heterocycles. The van der Waals surface area contributed by atoms with E-state index in [1.165, 1.54) is 19.4 Å². The van der Waals surface area contributed by atoms with Gasteiger partial charge in [-0.25, -0.2) is 9.97 Å². The minimum absolute atomic E-state index is 0.263. The number of aryl methyl sites for hydroxylation is 1. The molecule has 0 aliphatic carbocycles. The molecular weight excluding hydrogens is 382 g/mol. The number of nitrogens with one attached hydrogen (secondary N) is 3. The first-order valence-corrected chi connectivity index (χ1v) is 9.47. The van der Waals surface area contributed by atoms with Crippen molar-refractivity contribution in [3.05, 3.63) is 87.9 Å². The normalized spacial score (nSPS) is 11.9. The van der Waals surface area contributed by atoms with Crippen LogP contribution < -0.4 is 15.6 Å². The van der Waals surface area contributed by atoms with Crippen LogP contribution in [0.15, 0.2) is 59.7 Å². The molecule has 0 saturated carbocycles. The van der Waals surface area contributed by atoms with Crippen molar-refractivity contribution in [2.24, 2.45) is 0 Å². The van der Waals surface area contributed by atoms with Crippen LogP contribution >= 0.6 is 0 Å². The zero-order valence-corrected chi connectivity index (χ0v) is 16.6. The standard InChI is InChI=1S/C22H21N5O3/c1-13-25-19(11-20(28)26-13)18(9-15-12-24-17-6-4-3-5-16(15)17)27-22(29)14-7-8-23-21(10-14)30-2/h3-8,10-12,18,24H,9H2,1-2H3,(H,27,29)(H,25,26,28)/t18-/m1/s1. The summed E-state index contributed by atoms with van der Waals surface area (Å²) in [5.74, 6) is 0.530. The lowest BCUT2D eigenvalue weighted by atomic mass is 10.0. The highest BCUT2D eigenvalue weighted by molar-refractivity contribution is 5.94. The van der Waals surface area contributed by atoms with Crippen molar-refractivity contribution in [1.82, 2.24) is 25.3 Å². The first-order chi connectivity index (χ1) is 14.5. The molecule has 3 heterocycles. The Kier molecular flexibility index (Phi) is 5.30. The molecule has 4 aromatic rings. The maximum absolute atomic E-state index is 12.9. The number of H-pyrrole nitrogens is 2. The van der Waals surface area contributed by atoms with Crippen molar-refractivity contribution < 1.29 is 9.53 Å². The smallest absolute Gasteiger partial charge is 0.252 e. The van der Waals surface area contributed by atoms with Crippen molar-refractivity contribution in [2.75, 3.05) is 7.11 Å².